The summed E-state index contributed by atoms with van der Waals surface area (Å²) in [6.07, 6.45) is 0. The molecule has 7 heteroatoms. The average Bonchev–Trinajstić information content (AvgIpc) is 2.92. The number of amides is 1. The number of rotatable bonds is 8. The molecular weight excluding hydrogens is 482 g/mol. The smallest absolute Gasteiger partial charge is 0.261 e. The van der Waals surface area contributed by atoms with Gasteiger partial charge in [0, 0.05) is 39.8 Å². The number of carbonyl (C=O) groups is 1. The van der Waals surface area contributed by atoms with Gasteiger partial charge in [0.25, 0.3) is 5.91 Å². The van der Waals surface area contributed by atoms with E-state index in [4.69, 9.17) is 0 Å². The van der Waals surface area contributed by atoms with Crippen molar-refractivity contribution in [3.8, 4) is 0 Å². The molecule has 0 heterocycles. The van der Waals surface area contributed by atoms with E-state index in [1.165, 1.54) is 6.07 Å². The number of nitrogens with one attached hydrogen (secondary N) is 4. The van der Waals surface area contributed by atoms with E-state index in [0.29, 0.717) is 5.69 Å². The predicted molar refractivity (Wildman–Crippen MR) is 150 cm³/mol. The third-order valence-corrected chi connectivity index (χ3v) is 5.74. The maximum atomic E-state index is 13.8. The lowest BCUT2D eigenvalue weighted by Gasteiger charge is -2.11. The summed E-state index contributed by atoms with van der Waals surface area (Å²) in [5.74, 6) is -2.65. The molecule has 0 saturated carbocycles. The second kappa shape index (κ2) is 11.3. The van der Waals surface area contributed by atoms with E-state index in [1.54, 1.807) is 24.3 Å². The van der Waals surface area contributed by atoms with Gasteiger partial charge in [-0.05, 0) is 97.1 Å². The lowest BCUT2D eigenvalue weighted by molar-refractivity contribution is 0.101. The van der Waals surface area contributed by atoms with Crippen LogP contribution in [0.5, 0.6) is 0 Å². The van der Waals surface area contributed by atoms with Crippen molar-refractivity contribution in [3.63, 3.8) is 0 Å². The summed E-state index contributed by atoms with van der Waals surface area (Å²) < 4.78 is 27.7. The van der Waals surface area contributed by atoms with Crippen LogP contribution in [0.3, 0.4) is 0 Å². The number of benzene rings is 5. The molecular formula is C31H24F2N4O. The summed E-state index contributed by atoms with van der Waals surface area (Å²) >= 11 is 0. The minimum Gasteiger partial charge on any atom is -0.356 e. The lowest BCUT2D eigenvalue weighted by atomic mass is 10.1. The second-order valence-corrected chi connectivity index (χ2v) is 8.52. The topological polar surface area (TPSA) is 65.2 Å². The Balaban J connectivity index is 1.15. The first-order chi connectivity index (χ1) is 18.5. The fourth-order valence-corrected chi connectivity index (χ4v) is 3.84. The van der Waals surface area contributed by atoms with E-state index in [2.05, 4.69) is 21.3 Å². The monoisotopic (exact) mass is 506 g/mol. The largest absolute Gasteiger partial charge is 0.356 e. The molecule has 1 amide bonds. The molecule has 0 spiro atoms. The zero-order valence-corrected chi connectivity index (χ0v) is 20.2. The average molecular weight is 507 g/mol. The predicted octanol–water partition coefficient (Wildman–Crippen LogP) is 8.45. The van der Waals surface area contributed by atoms with Gasteiger partial charge in [0.2, 0.25) is 0 Å². The third-order valence-electron chi connectivity index (χ3n) is 5.74. The first-order valence-corrected chi connectivity index (χ1v) is 12.0. The van der Waals surface area contributed by atoms with Gasteiger partial charge in [-0.1, -0.05) is 24.3 Å². The molecule has 38 heavy (non-hydrogen) atoms. The third kappa shape index (κ3) is 6.14. The van der Waals surface area contributed by atoms with Crippen molar-refractivity contribution >= 4 is 45.7 Å². The van der Waals surface area contributed by atoms with E-state index in [-0.39, 0.29) is 0 Å². The van der Waals surface area contributed by atoms with Crippen molar-refractivity contribution in [2.75, 3.05) is 21.3 Å². The molecule has 0 aliphatic rings. The van der Waals surface area contributed by atoms with Crippen LogP contribution in [-0.4, -0.2) is 5.91 Å². The van der Waals surface area contributed by atoms with E-state index in [1.807, 2.05) is 78.9 Å². The molecule has 5 nitrogen and oxygen atoms in total. The molecule has 5 rings (SSSR count). The molecule has 0 radical (unpaired) electrons. The van der Waals surface area contributed by atoms with Crippen LogP contribution in [0.15, 0.2) is 121 Å². The van der Waals surface area contributed by atoms with Crippen molar-refractivity contribution in [1.29, 1.82) is 0 Å². The van der Waals surface area contributed by atoms with Gasteiger partial charge in [-0.15, -0.1) is 0 Å². The molecule has 0 aliphatic carbocycles. The Kier molecular flexibility index (Phi) is 7.27. The van der Waals surface area contributed by atoms with Crippen LogP contribution in [0.1, 0.15) is 10.4 Å². The Morgan fingerprint density at radius 1 is 0.421 bits per heavy atom. The molecule has 5 aromatic carbocycles. The van der Waals surface area contributed by atoms with Gasteiger partial charge in [0.05, 0.1) is 0 Å². The number of hydrogen-bond acceptors (Lipinski definition) is 4. The normalized spacial score (nSPS) is 10.5. The first kappa shape index (κ1) is 24.5. The minimum absolute atomic E-state index is 0.424. The van der Waals surface area contributed by atoms with E-state index in [9.17, 15) is 13.6 Å². The van der Waals surface area contributed by atoms with Crippen molar-refractivity contribution in [2.45, 2.75) is 0 Å². The molecule has 0 aliphatic heterocycles. The number of anilines is 7. The molecule has 0 atom stereocenters. The van der Waals surface area contributed by atoms with E-state index in [0.717, 1.165) is 46.3 Å². The summed E-state index contributed by atoms with van der Waals surface area (Å²) in [5.41, 5.74) is 5.44. The van der Waals surface area contributed by atoms with Crippen LogP contribution in [0.2, 0.25) is 0 Å². The highest BCUT2D eigenvalue weighted by Crippen LogP contribution is 2.25. The highest BCUT2D eigenvalue weighted by Gasteiger charge is 2.17. The Labute approximate surface area is 219 Å². The summed E-state index contributed by atoms with van der Waals surface area (Å²) in [4.78, 5) is 12.3. The Bertz CT molecular complexity index is 1500. The minimum atomic E-state index is -0.907. The Hall–Kier alpha value is -5.17. The van der Waals surface area contributed by atoms with Crippen molar-refractivity contribution < 1.29 is 13.6 Å². The fourth-order valence-electron chi connectivity index (χ4n) is 3.84. The van der Waals surface area contributed by atoms with Gasteiger partial charge >= 0.3 is 0 Å². The van der Waals surface area contributed by atoms with Crippen LogP contribution in [0.4, 0.5) is 48.6 Å². The Morgan fingerprint density at radius 3 is 1.16 bits per heavy atom. The molecule has 0 bridgehead atoms. The standard InChI is InChI=1S/C31H24F2N4O/c32-28-7-4-8-29(33)30(28)31(38)37-27-19-17-26(18-20-27)36-25-15-13-24(14-16-25)35-23-11-9-22(10-12-23)34-21-5-2-1-3-6-21/h1-20,34-36H,(H,37,38). The Morgan fingerprint density at radius 2 is 0.763 bits per heavy atom. The van der Waals surface area contributed by atoms with Gasteiger partial charge in [-0.2, -0.15) is 0 Å². The molecule has 0 aromatic heterocycles. The van der Waals surface area contributed by atoms with Gasteiger partial charge in [0.1, 0.15) is 17.2 Å². The van der Waals surface area contributed by atoms with Crippen LogP contribution >= 0.6 is 0 Å². The van der Waals surface area contributed by atoms with Crippen LogP contribution in [-0.2, 0) is 0 Å². The molecule has 188 valence electrons. The maximum absolute atomic E-state index is 13.8. The van der Waals surface area contributed by atoms with Gasteiger partial charge in [-0.25, -0.2) is 8.78 Å². The van der Waals surface area contributed by atoms with Gasteiger partial charge < -0.3 is 21.3 Å². The summed E-state index contributed by atoms with van der Waals surface area (Å²) in [6, 6.07) is 36.1. The number of para-hydroxylation sites is 1. The van der Waals surface area contributed by atoms with Crippen molar-refractivity contribution in [1.82, 2.24) is 0 Å². The quantitative estimate of drug-likeness (QED) is 0.170. The summed E-state index contributed by atoms with van der Waals surface area (Å²) in [5, 5.41) is 12.6. The van der Waals surface area contributed by atoms with Crippen LogP contribution in [0, 0.1) is 11.6 Å². The van der Waals surface area contributed by atoms with Gasteiger partial charge in [-0.3, -0.25) is 4.79 Å². The second-order valence-electron chi connectivity index (χ2n) is 8.52. The van der Waals surface area contributed by atoms with Crippen molar-refractivity contribution in [3.05, 3.63) is 139 Å². The zero-order chi connectivity index (χ0) is 26.3. The molecule has 4 N–H and O–H groups in total. The molecule has 0 fully saturated rings. The molecule has 0 saturated heterocycles. The number of carbonyl (C=O) groups excluding carboxylic acids is 1. The highest BCUT2D eigenvalue weighted by molar-refractivity contribution is 6.04. The summed E-state index contributed by atoms with van der Waals surface area (Å²) in [6.45, 7) is 0. The number of halogens is 2. The van der Waals surface area contributed by atoms with Crippen LogP contribution < -0.4 is 21.3 Å². The summed E-state index contributed by atoms with van der Waals surface area (Å²) in [7, 11) is 0. The van der Waals surface area contributed by atoms with E-state index < -0.39 is 23.1 Å². The highest BCUT2D eigenvalue weighted by atomic mass is 19.1. The number of hydrogen-bond donors (Lipinski definition) is 4. The molecule has 0 unspecified atom stereocenters. The van der Waals surface area contributed by atoms with E-state index >= 15 is 0 Å². The lowest BCUT2D eigenvalue weighted by Crippen LogP contribution is -2.15. The fraction of sp³-hybridized carbons (Fsp3) is 0. The SMILES string of the molecule is O=C(Nc1ccc(Nc2ccc(Nc3ccc(Nc4ccccc4)cc3)cc2)cc1)c1c(F)cccc1F. The first-order valence-electron chi connectivity index (χ1n) is 12.0. The van der Waals surface area contributed by atoms with Gasteiger partial charge in [0.15, 0.2) is 0 Å². The maximum Gasteiger partial charge on any atom is 0.261 e. The van der Waals surface area contributed by atoms with Crippen LogP contribution in [0.25, 0.3) is 0 Å². The zero-order valence-electron chi connectivity index (χ0n) is 20.2. The van der Waals surface area contributed by atoms with Crippen molar-refractivity contribution in [2.24, 2.45) is 0 Å². The molecule has 5 aromatic rings.